The number of aliphatic hydroxyl groups excluding tert-OH is 1. The summed E-state index contributed by atoms with van der Waals surface area (Å²) in [7, 11) is 0. The summed E-state index contributed by atoms with van der Waals surface area (Å²) in [5.41, 5.74) is -0.578. The Morgan fingerprint density at radius 2 is 2.42 bits per heavy atom. The van der Waals surface area contributed by atoms with Crippen LogP contribution in [0.15, 0.2) is 0 Å². The molecule has 4 heteroatoms. The number of ether oxygens (including phenoxy) is 1. The van der Waals surface area contributed by atoms with E-state index in [1.807, 2.05) is 0 Å². The highest BCUT2D eigenvalue weighted by molar-refractivity contribution is 5.79. The maximum absolute atomic E-state index is 11.4. The minimum absolute atomic E-state index is 0.212. The summed E-state index contributed by atoms with van der Waals surface area (Å²) < 4.78 is 4.89. The van der Waals surface area contributed by atoms with Crippen molar-refractivity contribution in [3.8, 4) is 0 Å². The van der Waals surface area contributed by atoms with Crippen molar-refractivity contribution >= 4 is 5.97 Å². The molecule has 2 aliphatic rings. The van der Waals surface area contributed by atoms with Gasteiger partial charge in [0.05, 0.1) is 18.1 Å². The predicted molar refractivity (Wildman–Crippen MR) is 41.5 cm³/mol. The van der Waals surface area contributed by atoms with Gasteiger partial charge in [-0.2, -0.15) is 0 Å². The zero-order valence-electron chi connectivity index (χ0n) is 6.88. The summed E-state index contributed by atoms with van der Waals surface area (Å²) in [4.78, 5) is 11.4. The first-order valence-electron chi connectivity index (χ1n) is 4.32. The van der Waals surface area contributed by atoms with E-state index >= 15 is 0 Å². The van der Waals surface area contributed by atoms with Gasteiger partial charge in [-0.05, 0) is 13.0 Å². The van der Waals surface area contributed by atoms with Crippen LogP contribution in [0.2, 0.25) is 0 Å². The van der Waals surface area contributed by atoms with Crippen molar-refractivity contribution in [3.05, 3.63) is 0 Å². The lowest BCUT2D eigenvalue weighted by Gasteiger charge is -2.34. The molecule has 0 aromatic heterocycles. The first kappa shape index (κ1) is 8.01. The van der Waals surface area contributed by atoms with E-state index in [1.165, 1.54) is 0 Å². The van der Waals surface area contributed by atoms with Gasteiger partial charge in [-0.3, -0.25) is 4.79 Å². The molecule has 0 radical (unpaired) electrons. The smallest absolute Gasteiger partial charge is 0.314 e. The SMILES string of the molecule is O=C1OCCC12CCNCC2O. The normalized spacial score (nSPS) is 41.8. The Morgan fingerprint density at radius 3 is 3.00 bits per heavy atom. The highest BCUT2D eigenvalue weighted by Crippen LogP contribution is 2.38. The second kappa shape index (κ2) is 2.71. The molecular formula is C8H13NO3. The molecule has 2 rings (SSSR count). The highest BCUT2D eigenvalue weighted by Gasteiger charge is 2.51. The van der Waals surface area contributed by atoms with Crippen LogP contribution in [0.3, 0.4) is 0 Å². The van der Waals surface area contributed by atoms with Gasteiger partial charge in [-0.15, -0.1) is 0 Å². The molecule has 0 aliphatic carbocycles. The Bertz CT molecular complexity index is 206. The van der Waals surface area contributed by atoms with Crippen LogP contribution in [-0.4, -0.2) is 36.9 Å². The molecule has 2 N–H and O–H groups in total. The molecule has 0 amide bonds. The molecule has 68 valence electrons. The van der Waals surface area contributed by atoms with E-state index in [2.05, 4.69) is 5.32 Å². The highest BCUT2D eigenvalue weighted by atomic mass is 16.5. The molecule has 2 heterocycles. The van der Waals surface area contributed by atoms with Crippen LogP contribution in [-0.2, 0) is 9.53 Å². The Hall–Kier alpha value is -0.610. The number of carbonyl (C=O) groups is 1. The minimum atomic E-state index is -0.578. The number of esters is 1. The van der Waals surface area contributed by atoms with Gasteiger partial charge in [0.2, 0.25) is 0 Å². The van der Waals surface area contributed by atoms with E-state index in [-0.39, 0.29) is 5.97 Å². The van der Waals surface area contributed by atoms with E-state index in [9.17, 15) is 9.90 Å². The van der Waals surface area contributed by atoms with Crippen LogP contribution >= 0.6 is 0 Å². The fourth-order valence-electron chi connectivity index (χ4n) is 2.01. The van der Waals surface area contributed by atoms with Gasteiger partial charge >= 0.3 is 5.97 Å². The molecule has 2 atom stereocenters. The van der Waals surface area contributed by atoms with Gasteiger partial charge in [0.1, 0.15) is 0 Å². The third-order valence-electron chi connectivity index (χ3n) is 2.91. The molecule has 1 spiro atoms. The Balaban J connectivity index is 2.21. The summed E-state index contributed by atoms with van der Waals surface area (Å²) in [6.45, 7) is 1.77. The Kier molecular flexibility index (Phi) is 1.81. The van der Waals surface area contributed by atoms with Crippen molar-refractivity contribution in [2.75, 3.05) is 19.7 Å². The van der Waals surface area contributed by atoms with Crippen molar-refractivity contribution in [2.45, 2.75) is 18.9 Å². The molecule has 12 heavy (non-hydrogen) atoms. The number of rotatable bonds is 0. The van der Waals surface area contributed by atoms with Crippen LogP contribution in [0.4, 0.5) is 0 Å². The van der Waals surface area contributed by atoms with Crippen LogP contribution < -0.4 is 5.32 Å². The van der Waals surface area contributed by atoms with E-state index in [0.717, 1.165) is 6.54 Å². The molecule has 4 nitrogen and oxygen atoms in total. The number of aliphatic hydroxyl groups is 1. The average Bonchev–Trinajstić information content (AvgIpc) is 2.41. The molecule has 0 aromatic rings. The topological polar surface area (TPSA) is 58.6 Å². The fourth-order valence-corrected chi connectivity index (χ4v) is 2.01. The van der Waals surface area contributed by atoms with Crippen LogP contribution in [0, 0.1) is 5.41 Å². The van der Waals surface area contributed by atoms with E-state index in [1.54, 1.807) is 0 Å². The van der Waals surface area contributed by atoms with Gasteiger partial charge in [-0.1, -0.05) is 0 Å². The maximum Gasteiger partial charge on any atom is 0.314 e. The Labute approximate surface area is 70.9 Å². The molecule has 0 bridgehead atoms. The monoisotopic (exact) mass is 171 g/mol. The standard InChI is InChI=1S/C8H13NO3/c10-6-5-9-3-1-8(6)2-4-12-7(8)11/h6,9-10H,1-5H2. The summed E-state index contributed by atoms with van der Waals surface area (Å²) >= 11 is 0. The number of nitrogens with one attached hydrogen (secondary N) is 1. The molecular weight excluding hydrogens is 158 g/mol. The van der Waals surface area contributed by atoms with Gasteiger partial charge in [0.25, 0.3) is 0 Å². The quantitative estimate of drug-likeness (QED) is 0.472. The first-order chi connectivity index (χ1) is 5.76. The van der Waals surface area contributed by atoms with Crippen molar-refractivity contribution < 1.29 is 14.6 Å². The zero-order valence-corrected chi connectivity index (χ0v) is 6.88. The molecule has 2 saturated heterocycles. The predicted octanol–water partition coefficient (Wildman–Crippen LogP) is -0.726. The number of piperidine rings is 1. The van der Waals surface area contributed by atoms with Gasteiger partial charge in [0.15, 0.2) is 0 Å². The summed E-state index contributed by atoms with van der Waals surface area (Å²) in [6, 6.07) is 0. The molecule has 2 aliphatic heterocycles. The summed E-state index contributed by atoms with van der Waals surface area (Å²) in [5.74, 6) is -0.212. The number of cyclic esters (lactones) is 1. The lowest BCUT2D eigenvalue weighted by Crippen LogP contribution is -2.51. The van der Waals surface area contributed by atoms with Crippen LogP contribution in [0.25, 0.3) is 0 Å². The van der Waals surface area contributed by atoms with Crippen molar-refractivity contribution in [1.82, 2.24) is 5.32 Å². The van der Waals surface area contributed by atoms with Crippen molar-refractivity contribution in [1.29, 1.82) is 0 Å². The fraction of sp³-hybridized carbons (Fsp3) is 0.875. The van der Waals surface area contributed by atoms with Crippen LogP contribution in [0.5, 0.6) is 0 Å². The van der Waals surface area contributed by atoms with Crippen LogP contribution in [0.1, 0.15) is 12.8 Å². The van der Waals surface area contributed by atoms with E-state index < -0.39 is 11.5 Å². The Morgan fingerprint density at radius 1 is 1.58 bits per heavy atom. The van der Waals surface area contributed by atoms with E-state index in [0.29, 0.717) is 26.0 Å². The summed E-state index contributed by atoms with van der Waals surface area (Å²) in [5, 5.41) is 12.7. The van der Waals surface area contributed by atoms with Gasteiger partial charge in [-0.25, -0.2) is 0 Å². The lowest BCUT2D eigenvalue weighted by atomic mass is 9.75. The lowest BCUT2D eigenvalue weighted by molar-refractivity contribution is -0.153. The third-order valence-corrected chi connectivity index (χ3v) is 2.91. The number of β-amino-alcohol motifs (C(OH)–C–C–N with tert-alkyl or cyclic N) is 1. The maximum atomic E-state index is 11.4. The average molecular weight is 171 g/mol. The molecule has 0 saturated carbocycles. The largest absolute Gasteiger partial charge is 0.465 e. The third kappa shape index (κ3) is 0.949. The number of hydrogen-bond acceptors (Lipinski definition) is 4. The molecule has 2 unspecified atom stereocenters. The van der Waals surface area contributed by atoms with Crippen molar-refractivity contribution in [2.24, 2.45) is 5.41 Å². The minimum Gasteiger partial charge on any atom is -0.465 e. The summed E-state index contributed by atoms with van der Waals surface area (Å²) in [6.07, 6.45) is 0.808. The van der Waals surface area contributed by atoms with Crippen molar-refractivity contribution in [3.63, 3.8) is 0 Å². The first-order valence-corrected chi connectivity index (χ1v) is 4.32. The molecule has 0 aromatic carbocycles. The molecule has 2 fully saturated rings. The zero-order chi connectivity index (χ0) is 8.60. The second-order valence-corrected chi connectivity index (χ2v) is 3.51. The number of hydrogen-bond donors (Lipinski definition) is 2. The van der Waals surface area contributed by atoms with E-state index in [4.69, 9.17) is 4.74 Å². The van der Waals surface area contributed by atoms with Gasteiger partial charge < -0.3 is 15.2 Å². The second-order valence-electron chi connectivity index (χ2n) is 3.51. The van der Waals surface area contributed by atoms with Gasteiger partial charge in [0, 0.05) is 13.0 Å². The number of carbonyl (C=O) groups excluding carboxylic acids is 1.